The van der Waals surface area contributed by atoms with Gasteiger partial charge in [-0.3, -0.25) is 4.99 Å². The lowest BCUT2D eigenvalue weighted by Crippen LogP contribution is -2.21. The number of benzene rings is 7. The number of hydrogen-bond acceptors (Lipinski definition) is 4. The smallest absolute Gasteiger partial charge is 0.0537 e. The molecule has 384 valence electrons. The van der Waals surface area contributed by atoms with Crippen molar-refractivity contribution in [2.75, 3.05) is 31.8 Å². The van der Waals surface area contributed by atoms with Gasteiger partial charge in [-0.2, -0.15) is 0 Å². The number of rotatable bonds is 7. The zero-order valence-corrected chi connectivity index (χ0v) is 46.6. The van der Waals surface area contributed by atoms with Gasteiger partial charge in [0.15, 0.2) is 0 Å². The average Bonchev–Trinajstić information content (AvgIpc) is 4.02. The quantitative estimate of drug-likeness (QED) is 0.123. The number of fused-ring (bicyclic) bond motifs is 6. The molecule has 3 aliphatic rings. The summed E-state index contributed by atoms with van der Waals surface area (Å²) in [5.74, 6) is 0. The number of anilines is 2. The fourth-order valence-corrected chi connectivity index (χ4v) is 9.71. The summed E-state index contributed by atoms with van der Waals surface area (Å²) in [6, 6.07) is 61.5. The maximum Gasteiger partial charge on any atom is 0.0537 e. The van der Waals surface area contributed by atoms with Gasteiger partial charge < -0.3 is 20.9 Å². The summed E-state index contributed by atoms with van der Waals surface area (Å²) in [6.45, 7) is 18.6. The highest BCUT2D eigenvalue weighted by atomic mass is 15.1. The van der Waals surface area contributed by atoms with Crippen molar-refractivity contribution in [3.8, 4) is 27.9 Å². The van der Waals surface area contributed by atoms with Crippen molar-refractivity contribution in [3.05, 3.63) is 233 Å². The zero-order chi connectivity index (χ0) is 53.6. The Kier molecular flexibility index (Phi) is 22.7. The van der Waals surface area contributed by atoms with Gasteiger partial charge in [0.2, 0.25) is 0 Å². The zero-order valence-electron chi connectivity index (χ0n) is 46.6. The van der Waals surface area contributed by atoms with E-state index in [9.17, 15) is 0 Å². The number of nitrogen functional groups attached to an aromatic ring is 1. The maximum atomic E-state index is 5.36. The summed E-state index contributed by atoms with van der Waals surface area (Å²) in [5.41, 5.74) is 33.3. The van der Waals surface area contributed by atoms with Crippen molar-refractivity contribution in [3.63, 3.8) is 0 Å². The molecule has 1 aromatic heterocycles. The first-order valence-corrected chi connectivity index (χ1v) is 27.0. The Hall–Kier alpha value is -7.47. The number of nitrogens with zero attached hydrogens (tertiary/aromatic N) is 3. The second-order valence-corrected chi connectivity index (χ2v) is 17.8. The minimum atomic E-state index is 0.284. The van der Waals surface area contributed by atoms with E-state index in [0.717, 1.165) is 31.4 Å². The van der Waals surface area contributed by atoms with Crippen LogP contribution in [0.1, 0.15) is 120 Å². The van der Waals surface area contributed by atoms with E-state index < -0.39 is 0 Å². The molecule has 0 saturated heterocycles. The molecule has 5 nitrogen and oxygen atoms in total. The van der Waals surface area contributed by atoms with Gasteiger partial charge in [-0.1, -0.05) is 187 Å². The van der Waals surface area contributed by atoms with Crippen LogP contribution >= 0.6 is 0 Å². The maximum absolute atomic E-state index is 5.36. The van der Waals surface area contributed by atoms with E-state index in [4.69, 9.17) is 5.73 Å². The summed E-state index contributed by atoms with van der Waals surface area (Å²) in [6.07, 6.45) is 14.3. The summed E-state index contributed by atoms with van der Waals surface area (Å²) < 4.78 is 2.50. The fraction of sp³-hybridized carbons (Fsp3) is 0.261. The minimum absolute atomic E-state index is 0.284. The van der Waals surface area contributed by atoms with Crippen molar-refractivity contribution in [2.24, 2.45) is 10.7 Å². The van der Waals surface area contributed by atoms with Gasteiger partial charge in [0.25, 0.3) is 0 Å². The average molecular weight is 982 g/mol. The highest BCUT2D eigenvalue weighted by Gasteiger charge is 2.23. The third-order valence-corrected chi connectivity index (χ3v) is 13.5. The van der Waals surface area contributed by atoms with Crippen LogP contribution in [0.5, 0.6) is 0 Å². The second kappa shape index (κ2) is 29.3. The lowest BCUT2D eigenvalue weighted by atomic mass is 9.90. The molecule has 1 atom stereocenters. The molecule has 7 aromatic carbocycles. The summed E-state index contributed by atoms with van der Waals surface area (Å²) in [5, 5.41) is 1.32. The first-order valence-electron chi connectivity index (χ1n) is 27.0. The summed E-state index contributed by atoms with van der Waals surface area (Å²) >= 11 is 0. The monoisotopic (exact) mass is 982 g/mol. The molecule has 74 heavy (non-hydrogen) atoms. The molecule has 0 radical (unpaired) electrons. The van der Waals surface area contributed by atoms with Crippen molar-refractivity contribution in [2.45, 2.75) is 100 Å². The molecule has 0 fully saturated rings. The highest BCUT2D eigenvalue weighted by Crippen LogP contribution is 2.41. The molecule has 0 spiro atoms. The first kappa shape index (κ1) is 57.4. The second-order valence-electron chi connectivity index (χ2n) is 17.8. The Morgan fingerprint density at radius 3 is 1.91 bits per heavy atom. The molecule has 0 bridgehead atoms. The van der Waals surface area contributed by atoms with E-state index in [2.05, 4.69) is 212 Å². The first-order chi connectivity index (χ1) is 36.2. The molecule has 3 aliphatic carbocycles. The number of para-hydroxylation sites is 2. The van der Waals surface area contributed by atoms with Gasteiger partial charge >= 0.3 is 0 Å². The Bertz CT molecular complexity index is 3110. The molecule has 0 saturated carbocycles. The lowest BCUT2D eigenvalue weighted by molar-refractivity contribution is 0.739. The molecular weight excluding hydrogens is 899 g/mol. The van der Waals surface area contributed by atoms with E-state index in [1.54, 1.807) is 0 Å². The van der Waals surface area contributed by atoms with Crippen LogP contribution in [0.15, 0.2) is 199 Å². The van der Waals surface area contributed by atoms with E-state index in [-0.39, 0.29) is 6.04 Å². The predicted octanol–water partition coefficient (Wildman–Crippen LogP) is 18.1. The Morgan fingerprint density at radius 2 is 1.26 bits per heavy atom. The fourth-order valence-electron chi connectivity index (χ4n) is 9.71. The number of aromatic nitrogens is 1. The van der Waals surface area contributed by atoms with E-state index in [1.165, 1.54) is 114 Å². The number of hydrogen-bond donors (Lipinski definition) is 2. The van der Waals surface area contributed by atoms with Gasteiger partial charge in [-0.25, -0.2) is 0 Å². The topological polar surface area (TPSA) is 72.6 Å². The van der Waals surface area contributed by atoms with Gasteiger partial charge in [-0.15, -0.1) is 0 Å². The predicted molar refractivity (Wildman–Crippen MR) is 328 cm³/mol. The van der Waals surface area contributed by atoms with Crippen LogP contribution in [0.25, 0.3) is 50.5 Å². The Balaban J connectivity index is 0.000000338. The number of aliphatic imine (C=N–C) groups is 1. The standard InChI is InChI=1S/C47H40N2.C9H13N.C6H7N.3C2H6.CH5N/c1-31-25-38(29-41(26-31)48(3)32(2)33-11-5-4-6-12-33)36-20-24-47-45(30-36)44-15-9-10-16-46(44)49(47)40-21-17-34(18-22-40)35-19-23-43-39(27-35)28-37-13-7-8-14-42(37)43;1-8(10-2)9-6-4-3-5-7-9;7-6-4-2-1-3-5-6;4*1-2/h4-19,21-23,25-27,29-30,32H,20,24,28H2,1-3H3;3-4,6H,5,7H2,1-2H3;1-5H,7H2;3*1-2H3;2H2,1H3. The van der Waals surface area contributed by atoms with Crippen LogP contribution in [0.2, 0.25) is 0 Å². The molecule has 5 heteroatoms. The third-order valence-electron chi connectivity index (χ3n) is 13.5. The van der Waals surface area contributed by atoms with Gasteiger partial charge in [0.1, 0.15) is 0 Å². The summed E-state index contributed by atoms with van der Waals surface area (Å²) in [4.78, 5) is 6.53. The van der Waals surface area contributed by atoms with Gasteiger partial charge in [-0.05, 0) is 170 Å². The van der Waals surface area contributed by atoms with Crippen LogP contribution in [-0.4, -0.2) is 31.4 Å². The van der Waals surface area contributed by atoms with Gasteiger partial charge in [0.05, 0.1) is 11.6 Å². The molecule has 0 aliphatic heterocycles. The van der Waals surface area contributed by atoms with Crippen LogP contribution in [-0.2, 0) is 12.8 Å². The van der Waals surface area contributed by atoms with E-state index >= 15 is 0 Å². The van der Waals surface area contributed by atoms with Crippen molar-refractivity contribution in [1.29, 1.82) is 0 Å². The number of nitrogens with two attached hydrogens (primary N) is 2. The van der Waals surface area contributed by atoms with Crippen molar-refractivity contribution < 1.29 is 0 Å². The molecule has 11 rings (SSSR count). The molecular formula is C69H83N5. The van der Waals surface area contributed by atoms with Crippen LogP contribution in [0, 0.1) is 6.92 Å². The third kappa shape index (κ3) is 14.0. The van der Waals surface area contributed by atoms with E-state index in [0.29, 0.717) is 0 Å². The molecule has 0 amide bonds. The van der Waals surface area contributed by atoms with Crippen molar-refractivity contribution >= 4 is 39.6 Å². The normalized spacial score (nSPS) is 12.9. The SMILES string of the molecule is CC.CC.CC.CN.CN=C(C)C1=CC=CCC1.Cc1cc(C2=Cc3c(n(-c4ccc(-c5ccc6c(c5)Cc5ccccc5-6)cc4)c4ccccc34)CC2)cc(N(C)C(C)c2ccccc2)c1.Nc1ccccc1. The van der Waals surface area contributed by atoms with Crippen molar-refractivity contribution in [1.82, 2.24) is 4.57 Å². The lowest BCUT2D eigenvalue weighted by Gasteiger charge is -2.29. The van der Waals surface area contributed by atoms with Crippen LogP contribution in [0.3, 0.4) is 0 Å². The number of aryl methyl sites for hydroxylation is 1. The van der Waals surface area contributed by atoms with E-state index in [1.807, 2.05) is 78.9 Å². The molecule has 8 aromatic rings. The molecule has 1 unspecified atom stereocenters. The van der Waals surface area contributed by atoms with Crippen LogP contribution in [0.4, 0.5) is 11.4 Å². The minimum Gasteiger partial charge on any atom is -0.399 e. The molecule has 4 N–H and O–H groups in total. The molecule has 1 heterocycles. The largest absolute Gasteiger partial charge is 0.399 e. The Morgan fingerprint density at radius 1 is 0.635 bits per heavy atom. The highest BCUT2D eigenvalue weighted by molar-refractivity contribution is 5.99. The summed E-state index contributed by atoms with van der Waals surface area (Å²) in [7, 11) is 5.56. The van der Waals surface area contributed by atoms with Gasteiger partial charge in [0, 0.05) is 53.5 Å². The Labute approximate surface area is 445 Å². The van der Waals surface area contributed by atoms with Crippen LogP contribution < -0.4 is 16.4 Å². The number of allylic oxidation sites excluding steroid dienone is 5.